The number of hydrogen-bond donors (Lipinski definition) is 0. The van der Waals surface area contributed by atoms with Gasteiger partial charge >= 0.3 is 0 Å². The fourth-order valence-corrected chi connectivity index (χ4v) is 3.55. The Morgan fingerprint density at radius 2 is 2.12 bits per heavy atom. The van der Waals surface area contributed by atoms with Gasteiger partial charge in [-0.05, 0) is 17.5 Å². The van der Waals surface area contributed by atoms with Crippen molar-refractivity contribution in [1.29, 1.82) is 0 Å². The van der Waals surface area contributed by atoms with E-state index in [9.17, 15) is 4.79 Å². The second kappa shape index (κ2) is 6.93. The van der Waals surface area contributed by atoms with Crippen LogP contribution < -0.4 is 0 Å². The number of hydrogen-bond acceptors (Lipinski definition) is 5. The molecular formula is C18H23N5O2. The molecule has 7 nitrogen and oxygen atoms in total. The Hall–Kier alpha value is -2.25. The van der Waals surface area contributed by atoms with Crippen LogP contribution in [0.2, 0.25) is 0 Å². The molecule has 1 amide bonds. The van der Waals surface area contributed by atoms with E-state index in [2.05, 4.69) is 33.2 Å². The first kappa shape index (κ1) is 16.2. The molecule has 0 spiro atoms. The molecule has 2 aliphatic rings. The summed E-state index contributed by atoms with van der Waals surface area (Å²) in [6.45, 7) is 4.10. The summed E-state index contributed by atoms with van der Waals surface area (Å²) in [4.78, 5) is 21.3. The van der Waals surface area contributed by atoms with Gasteiger partial charge in [0, 0.05) is 33.2 Å². The Morgan fingerprint density at radius 1 is 1.28 bits per heavy atom. The van der Waals surface area contributed by atoms with E-state index in [4.69, 9.17) is 4.74 Å². The number of nitrogens with zero attached hydrogens (tertiary/aromatic N) is 5. The van der Waals surface area contributed by atoms with Crippen LogP contribution in [-0.2, 0) is 36.1 Å². The lowest BCUT2D eigenvalue weighted by molar-refractivity contribution is -0.150. The van der Waals surface area contributed by atoms with Gasteiger partial charge in [-0.2, -0.15) is 5.10 Å². The molecule has 1 aromatic carbocycles. The van der Waals surface area contributed by atoms with Crippen LogP contribution >= 0.6 is 0 Å². The Bertz CT molecular complexity index is 759. The van der Waals surface area contributed by atoms with Crippen molar-refractivity contribution in [2.24, 2.45) is 7.05 Å². The lowest BCUT2D eigenvalue weighted by Crippen LogP contribution is -2.51. The highest BCUT2D eigenvalue weighted by Gasteiger charge is 2.32. The highest BCUT2D eigenvalue weighted by molar-refractivity contribution is 5.81. The van der Waals surface area contributed by atoms with E-state index in [-0.39, 0.29) is 5.91 Å². The van der Waals surface area contributed by atoms with E-state index in [1.165, 1.54) is 11.1 Å². The zero-order chi connectivity index (χ0) is 17.2. The van der Waals surface area contributed by atoms with E-state index < -0.39 is 6.10 Å². The molecule has 1 saturated heterocycles. The fraction of sp³-hybridized carbons (Fsp3) is 0.500. The summed E-state index contributed by atoms with van der Waals surface area (Å²) in [5.74, 6) is 0.997. The maximum absolute atomic E-state index is 12.9. The van der Waals surface area contributed by atoms with Crippen LogP contribution in [0.15, 0.2) is 30.6 Å². The van der Waals surface area contributed by atoms with Crippen molar-refractivity contribution in [3.05, 3.63) is 47.5 Å². The molecule has 1 atom stereocenters. The molecule has 4 rings (SSSR count). The van der Waals surface area contributed by atoms with E-state index >= 15 is 0 Å². The first-order valence-corrected chi connectivity index (χ1v) is 8.73. The van der Waals surface area contributed by atoms with Crippen LogP contribution in [0.5, 0.6) is 0 Å². The van der Waals surface area contributed by atoms with Gasteiger partial charge in [-0.3, -0.25) is 14.4 Å². The predicted molar refractivity (Wildman–Crippen MR) is 91.6 cm³/mol. The lowest BCUT2D eigenvalue weighted by Gasteiger charge is -2.36. The van der Waals surface area contributed by atoms with Gasteiger partial charge in [0.15, 0.2) is 0 Å². The fourth-order valence-electron chi connectivity index (χ4n) is 3.55. The lowest BCUT2D eigenvalue weighted by atomic mass is 9.99. The maximum Gasteiger partial charge on any atom is 0.253 e. The Kier molecular flexibility index (Phi) is 4.50. The van der Waals surface area contributed by atoms with Gasteiger partial charge in [0.2, 0.25) is 0 Å². The summed E-state index contributed by atoms with van der Waals surface area (Å²) in [6.07, 6.45) is 2.08. The molecule has 0 aliphatic carbocycles. The number of amides is 1. The van der Waals surface area contributed by atoms with Crippen LogP contribution in [0.3, 0.4) is 0 Å². The molecule has 3 heterocycles. The van der Waals surface area contributed by atoms with Crippen molar-refractivity contribution in [3.63, 3.8) is 0 Å². The number of benzene rings is 1. The van der Waals surface area contributed by atoms with Crippen molar-refractivity contribution in [2.45, 2.75) is 25.6 Å². The largest absolute Gasteiger partial charge is 0.366 e. The second-order valence-electron chi connectivity index (χ2n) is 6.67. The number of morpholine rings is 1. The van der Waals surface area contributed by atoms with Gasteiger partial charge in [0.25, 0.3) is 5.91 Å². The predicted octanol–water partition coefficient (Wildman–Crippen LogP) is 0.601. The number of ether oxygens (including phenoxy) is 1. The van der Waals surface area contributed by atoms with Gasteiger partial charge in [0.1, 0.15) is 18.3 Å². The van der Waals surface area contributed by atoms with E-state index in [1.807, 2.05) is 18.0 Å². The number of rotatable bonds is 3. The van der Waals surface area contributed by atoms with Crippen LogP contribution in [0.1, 0.15) is 17.0 Å². The summed E-state index contributed by atoms with van der Waals surface area (Å²) in [5, 5.41) is 4.10. The van der Waals surface area contributed by atoms with Gasteiger partial charge in [-0.1, -0.05) is 24.3 Å². The number of carbonyl (C=O) groups is 1. The third-order valence-electron chi connectivity index (χ3n) is 5.04. The van der Waals surface area contributed by atoms with E-state index in [0.29, 0.717) is 26.2 Å². The minimum absolute atomic E-state index is 0.0946. The number of carbonyl (C=O) groups excluding carboxylic acids is 1. The minimum Gasteiger partial charge on any atom is -0.366 e. The highest BCUT2D eigenvalue weighted by atomic mass is 16.5. The monoisotopic (exact) mass is 341 g/mol. The SMILES string of the molecule is Cn1ncnc1CN1CCOC(C(=O)N2CCc3ccccc3C2)C1. The zero-order valence-corrected chi connectivity index (χ0v) is 14.5. The smallest absolute Gasteiger partial charge is 0.253 e. The van der Waals surface area contributed by atoms with Crippen LogP contribution in [0.25, 0.3) is 0 Å². The van der Waals surface area contributed by atoms with Crippen molar-refractivity contribution in [3.8, 4) is 0 Å². The average molecular weight is 341 g/mol. The summed E-state index contributed by atoms with van der Waals surface area (Å²) in [7, 11) is 1.89. The second-order valence-corrected chi connectivity index (χ2v) is 6.67. The molecule has 1 unspecified atom stereocenters. The molecule has 0 saturated carbocycles. The molecule has 0 radical (unpaired) electrons. The molecular weight excluding hydrogens is 318 g/mol. The van der Waals surface area contributed by atoms with Crippen LogP contribution in [0, 0.1) is 0 Å². The molecule has 2 aliphatic heterocycles. The van der Waals surface area contributed by atoms with E-state index in [1.54, 1.807) is 11.0 Å². The van der Waals surface area contributed by atoms with Gasteiger partial charge < -0.3 is 9.64 Å². The van der Waals surface area contributed by atoms with Crippen molar-refractivity contribution in [1.82, 2.24) is 24.6 Å². The minimum atomic E-state index is -0.396. The third kappa shape index (κ3) is 3.43. The third-order valence-corrected chi connectivity index (χ3v) is 5.04. The highest BCUT2D eigenvalue weighted by Crippen LogP contribution is 2.20. The van der Waals surface area contributed by atoms with Gasteiger partial charge in [0.05, 0.1) is 13.2 Å². The Labute approximate surface area is 147 Å². The molecule has 132 valence electrons. The number of aryl methyl sites for hydroxylation is 1. The van der Waals surface area contributed by atoms with Gasteiger partial charge in [-0.15, -0.1) is 0 Å². The molecule has 0 bridgehead atoms. The quantitative estimate of drug-likeness (QED) is 0.818. The van der Waals surface area contributed by atoms with Crippen molar-refractivity contribution in [2.75, 3.05) is 26.2 Å². The first-order valence-electron chi connectivity index (χ1n) is 8.73. The van der Waals surface area contributed by atoms with E-state index in [0.717, 1.165) is 25.3 Å². The topological polar surface area (TPSA) is 63.5 Å². The first-order chi connectivity index (χ1) is 12.2. The molecule has 0 N–H and O–H groups in total. The summed E-state index contributed by atoms with van der Waals surface area (Å²) in [6, 6.07) is 8.35. The van der Waals surface area contributed by atoms with Crippen LogP contribution in [0.4, 0.5) is 0 Å². The molecule has 1 aromatic heterocycles. The molecule has 7 heteroatoms. The maximum atomic E-state index is 12.9. The van der Waals surface area contributed by atoms with Gasteiger partial charge in [-0.25, -0.2) is 4.98 Å². The summed E-state index contributed by atoms with van der Waals surface area (Å²) >= 11 is 0. The average Bonchev–Trinajstić information content (AvgIpc) is 3.05. The zero-order valence-electron chi connectivity index (χ0n) is 14.5. The standard InChI is InChI=1S/C18H23N5O2/c1-21-17(19-13-20-21)12-22-8-9-25-16(11-22)18(24)23-7-6-14-4-2-3-5-15(14)10-23/h2-5,13,16H,6-12H2,1H3. The molecule has 2 aromatic rings. The summed E-state index contributed by atoms with van der Waals surface area (Å²) < 4.78 is 7.56. The van der Waals surface area contributed by atoms with Crippen molar-refractivity contribution >= 4 is 5.91 Å². The number of aromatic nitrogens is 3. The summed E-state index contributed by atoms with van der Waals surface area (Å²) in [5.41, 5.74) is 2.59. The van der Waals surface area contributed by atoms with Crippen molar-refractivity contribution < 1.29 is 9.53 Å². The number of fused-ring (bicyclic) bond motifs is 1. The Morgan fingerprint density at radius 3 is 2.92 bits per heavy atom. The Balaban J connectivity index is 1.40. The molecule has 1 fully saturated rings. The normalized spacial score (nSPS) is 21.2. The molecule has 25 heavy (non-hydrogen) atoms. The van der Waals surface area contributed by atoms with Crippen LogP contribution in [-0.4, -0.2) is 62.8 Å².